The number of hydrogen-bond acceptors (Lipinski definition) is 6. The number of hydrogen-bond donors (Lipinski definition) is 0. The molecule has 1 unspecified atom stereocenters. The smallest absolute Gasteiger partial charge is 0.346 e. The van der Waals surface area contributed by atoms with Gasteiger partial charge in [-0.1, -0.05) is 19.0 Å². The van der Waals surface area contributed by atoms with Crippen LogP contribution in [0.25, 0.3) is 10.4 Å². The Labute approximate surface area is 173 Å². The van der Waals surface area contributed by atoms with Gasteiger partial charge in [-0.25, -0.2) is 9.78 Å². The molecule has 1 spiro atoms. The maximum atomic E-state index is 14.3. The summed E-state index contributed by atoms with van der Waals surface area (Å²) < 4.78 is 59.2. The summed E-state index contributed by atoms with van der Waals surface area (Å²) in [5, 5.41) is 3.26. The van der Waals surface area contributed by atoms with E-state index in [1.54, 1.807) is 6.92 Å². The van der Waals surface area contributed by atoms with Crippen LogP contribution in [0, 0.1) is 23.7 Å². The molecule has 1 saturated carbocycles. The molecule has 0 aromatic carbocycles. The monoisotopic (exact) mass is 437 g/mol. The molecular weight excluding hydrogens is 407 g/mol. The molecule has 0 radical (unpaired) electrons. The summed E-state index contributed by atoms with van der Waals surface area (Å²) in [6.45, 7) is 4.85. The minimum atomic E-state index is -4.82. The number of alkyl halides is 3. The number of azide groups is 1. The van der Waals surface area contributed by atoms with Gasteiger partial charge in [0.15, 0.2) is 5.79 Å². The largest absolute Gasteiger partial charge is 0.443 e. The standard InChI is InChI=1S/C19H30F3N3O5/c1-12-5-6-15(17-11-28-16(3,29-30-17)8-7-14(12)17)13(2)18(26-4,19(20,21)22)27-10-9-24-25-23/h12-15H,5-11H2,1-4H3/t12-,13-,14?,15+,16+,17-,18+/m1/s1. The van der Waals surface area contributed by atoms with Gasteiger partial charge in [0.25, 0.3) is 5.79 Å². The van der Waals surface area contributed by atoms with Crippen molar-refractivity contribution >= 4 is 0 Å². The van der Waals surface area contributed by atoms with Crippen molar-refractivity contribution < 1.29 is 37.2 Å². The van der Waals surface area contributed by atoms with Crippen LogP contribution in [-0.4, -0.2) is 50.2 Å². The topological polar surface area (TPSA) is 94.9 Å². The average Bonchev–Trinajstić information content (AvgIpc) is 2.94. The molecule has 172 valence electrons. The lowest BCUT2D eigenvalue weighted by Crippen LogP contribution is -2.65. The van der Waals surface area contributed by atoms with Crippen LogP contribution >= 0.6 is 0 Å². The van der Waals surface area contributed by atoms with Gasteiger partial charge in [0.2, 0.25) is 0 Å². The Morgan fingerprint density at radius 1 is 1.27 bits per heavy atom. The maximum Gasteiger partial charge on any atom is 0.443 e. The first-order chi connectivity index (χ1) is 14.1. The lowest BCUT2D eigenvalue weighted by molar-refractivity contribution is -0.521. The van der Waals surface area contributed by atoms with Gasteiger partial charge in [-0.05, 0) is 43.6 Å². The molecule has 0 aromatic rings. The van der Waals surface area contributed by atoms with Gasteiger partial charge in [-0.15, -0.1) is 0 Å². The molecule has 0 N–H and O–H groups in total. The van der Waals surface area contributed by atoms with Crippen molar-refractivity contribution in [3.8, 4) is 0 Å². The van der Waals surface area contributed by atoms with Gasteiger partial charge in [0.1, 0.15) is 5.60 Å². The summed E-state index contributed by atoms with van der Waals surface area (Å²) in [6, 6.07) is 0. The SMILES string of the molecule is CO[C@](OCCN=[N+]=[N-])([C@H](C)[C@@H]1CC[C@@H](C)C2CC[C@@]3(C)OC[C@@]21OO3)C(F)(F)F. The van der Waals surface area contributed by atoms with Crippen molar-refractivity contribution in [2.75, 3.05) is 26.9 Å². The van der Waals surface area contributed by atoms with Crippen LogP contribution in [0.5, 0.6) is 0 Å². The van der Waals surface area contributed by atoms with E-state index in [1.165, 1.54) is 6.92 Å². The van der Waals surface area contributed by atoms with E-state index in [-0.39, 0.29) is 25.0 Å². The second-order valence-electron chi connectivity index (χ2n) is 8.81. The molecule has 11 heteroatoms. The fourth-order valence-electron chi connectivity index (χ4n) is 5.57. The molecule has 3 saturated heterocycles. The Bertz CT molecular complexity index is 664. The predicted octanol–water partition coefficient (Wildman–Crippen LogP) is 4.74. The lowest BCUT2D eigenvalue weighted by Gasteiger charge is -2.55. The zero-order chi connectivity index (χ0) is 22.2. The Hall–Kier alpha value is -1.10. The van der Waals surface area contributed by atoms with Crippen LogP contribution in [0.1, 0.15) is 46.5 Å². The van der Waals surface area contributed by atoms with E-state index < -0.39 is 41.8 Å². The van der Waals surface area contributed by atoms with Crippen LogP contribution in [0.15, 0.2) is 5.11 Å². The van der Waals surface area contributed by atoms with Crippen LogP contribution in [-0.2, 0) is 24.0 Å². The second-order valence-corrected chi connectivity index (χ2v) is 8.81. The predicted molar refractivity (Wildman–Crippen MR) is 98.8 cm³/mol. The minimum Gasteiger partial charge on any atom is -0.346 e. The zero-order valence-electron chi connectivity index (χ0n) is 17.8. The van der Waals surface area contributed by atoms with Crippen LogP contribution in [0.3, 0.4) is 0 Å². The highest BCUT2D eigenvalue weighted by molar-refractivity contribution is 5.07. The fraction of sp³-hybridized carbons (Fsp3) is 1.00. The van der Waals surface area contributed by atoms with E-state index in [0.717, 1.165) is 20.0 Å². The first-order valence-electron chi connectivity index (χ1n) is 10.3. The maximum absolute atomic E-state index is 14.3. The van der Waals surface area contributed by atoms with Gasteiger partial charge in [-0.2, -0.15) is 13.2 Å². The van der Waals surface area contributed by atoms with Crippen LogP contribution < -0.4 is 0 Å². The summed E-state index contributed by atoms with van der Waals surface area (Å²) in [4.78, 5) is 14.1. The van der Waals surface area contributed by atoms with E-state index in [1.807, 2.05) is 0 Å². The van der Waals surface area contributed by atoms with Crippen molar-refractivity contribution in [2.24, 2.45) is 28.8 Å². The molecule has 30 heavy (non-hydrogen) atoms. The summed E-state index contributed by atoms with van der Waals surface area (Å²) in [5.41, 5.74) is 7.39. The van der Waals surface area contributed by atoms with E-state index >= 15 is 0 Å². The Morgan fingerprint density at radius 3 is 2.57 bits per heavy atom. The van der Waals surface area contributed by atoms with Crippen molar-refractivity contribution in [1.82, 2.24) is 0 Å². The molecule has 7 atom stereocenters. The number of rotatable bonds is 7. The van der Waals surface area contributed by atoms with E-state index in [4.69, 9.17) is 29.5 Å². The normalized spacial score (nSPS) is 39.4. The molecule has 3 aliphatic heterocycles. The molecule has 4 fully saturated rings. The lowest BCUT2D eigenvalue weighted by atomic mass is 9.58. The first kappa shape index (κ1) is 23.6. The molecule has 0 amide bonds. The average molecular weight is 437 g/mol. The third-order valence-corrected chi connectivity index (χ3v) is 7.23. The number of methoxy groups -OCH3 is 1. The van der Waals surface area contributed by atoms with E-state index in [2.05, 4.69) is 16.9 Å². The highest BCUT2D eigenvalue weighted by Gasteiger charge is 2.68. The molecule has 1 aliphatic carbocycles. The van der Waals surface area contributed by atoms with Gasteiger partial charge in [-0.3, -0.25) is 0 Å². The first-order valence-corrected chi connectivity index (χ1v) is 10.3. The molecule has 0 aromatic heterocycles. The summed E-state index contributed by atoms with van der Waals surface area (Å²) in [6.07, 6.45) is -2.21. The zero-order valence-corrected chi connectivity index (χ0v) is 17.8. The Balaban J connectivity index is 1.96. The Kier molecular flexibility index (Phi) is 6.63. The van der Waals surface area contributed by atoms with Crippen LogP contribution in [0.4, 0.5) is 13.2 Å². The van der Waals surface area contributed by atoms with Crippen molar-refractivity contribution in [3.05, 3.63) is 10.4 Å². The van der Waals surface area contributed by atoms with Gasteiger partial charge >= 0.3 is 6.18 Å². The second kappa shape index (κ2) is 8.44. The van der Waals surface area contributed by atoms with Crippen molar-refractivity contribution in [1.29, 1.82) is 0 Å². The summed E-state index contributed by atoms with van der Waals surface area (Å²) >= 11 is 0. The number of halogens is 3. The summed E-state index contributed by atoms with van der Waals surface area (Å²) in [7, 11) is 0.983. The minimum absolute atomic E-state index is 0.00555. The van der Waals surface area contributed by atoms with Gasteiger partial charge in [0.05, 0.1) is 13.2 Å². The van der Waals surface area contributed by atoms with Crippen LogP contribution in [0.2, 0.25) is 0 Å². The molecule has 4 rings (SSSR count). The third kappa shape index (κ3) is 3.80. The van der Waals surface area contributed by atoms with E-state index in [0.29, 0.717) is 12.8 Å². The quantitative estimate of drug-likeness (QED) is 0.143. The van der Waals surface area contributed by atoms with Crippen molar-refractivity contribution in [3.63, 3.8) is 0 Å². The molecular formula is C19H30F3N3O5. The molecule has 4 aliphatic rings. The Morgan fingerprint density at radius 2 is 2.00 bits per heavy atom. The number of nitrogens with zero attached hydrogens (tertiary/aromatic N) is 3. The van der Waals surface area contributed by atoms with Gasteiger partial charge < -0.3 is 14.2 Å². The number of fused-ring (bicyclic) bond motifs is 3. The van der Waals surface area contributed by atoms with E-state index in [9.17, 15) is 13.2 Å². The number of ether oxygens (including phenoxy) is 3. The molecule has 2 bridgehead atoms. The molecule has 3 heterocycles. The van der Waals surface area contributed by atoms with Crippen molar-refractivity contribution in [2.45, 2.75) is 69.8 Å². The fourth-order valence-corrected chi connectivity index (χ4v) is 5.57. The highest BCUT2D eigenvalue weighted by Crippen LogP contribution is 2.58. The molecule has 8 nitrogen and oxygen atoms in total. The summed E-state index contributed by atoms with van der Waals surface area (Å²) in [5.74, 6) is -5.21. The third-order valence-electron chi connectivity index (χ3n) is 7.23. The highest BCUT2D eigenvalue weighted by atomic mass is 19.4. The van der Waals surface area contributed by atoms with Gasteiger partial charge in [0, 0.05) is 36.8 Å².